The highest BCUT2D eigenvalue weighted by atomic mass is 35.6. The number of alkyl carbamates (subject to hydrolysis) is 2. The summed E-state index contributed by atoms with van der Waals surface area (Å²) in [5.41, 5.74) is 3.09. The van der Waals surface area contributed by atoms with Crippen molar-refractivity contribution in [1.82, 2.24) is 26.6 Å². The molecule has 0 saturated carbocycles. The summed E-state index contributed by atoms with van der Waals surface area (Å²) in [7, 11) is 0. The SMILES string of the molecule is CC(=O)NCSC[C@H](NC(=O)[C@H](C)NC(=O)OC(C)(C)C)C(=O)N[C@H](C(=O)OC[C@@H](NC(=O)OCC1c2ccccc2-c2ccccc21)C(=O)OCC(Cl)(Cl)Cl)C(C)C. The van der Waals surface area contributed by atoms with Gasteiger partial charge in [-0.05, 0) is 55.9 Å². The van der Waals surface area contributed by atoms with Crippen LogP contribution >= 0.6 is 46.6 Å². The van der Waals surface area contributed by atoms with E-state index in [4.69, 9.17) is 53.8 Å². The summed E-state index contributed by atoms with van der Waals surface area (Å²) in [5, 5.41) is 12.4. The number of thioether (sulfide) groups is 1. The lowest BCUT2D eigenvalue weighted by molar-refractivity contribution is -0.155. The molecule has 0 saturated heterocycles. The number of carbonyl (C=O) groups is 7. The lowest BCUT2D eigenvalue weighted by Gasteiger charge is -2.26. The Balaban J connectivity index is 1.71. The van der Waals surface area contributed by atoms with Crippen LogP contribution in [0.1, 0.15) is 65.5 Å². The fourth-order valence-electron chi connectivity index (χ4n) is 5.57. The Bertz CT molecular complexity index is 1790. The topological polar surface area (TPSA) is 217 Å². The second-order valence-corrected chi connectivity index (χ2v) is 18.3. The molecule has 0 aromatic heterocycles. The molecule has 2 aromatic rings. The predicted molar refractivity (Wildman–Crippen MR) is 223 cm³/mol. The van der Waals surface area contributed by atoms with Gasteiger partial charge in [0, 0.05) is 18.6 Å². The summed E-state index contributed by atoms with van der Waals surface area (Å²) < 4.78 is 19.3. The molecule has 0 unspecified atom stereocenters. The summed E-state index contributed by atoms with van der Waals surface area (Å²) in [6.07, 6.45) is -1.88. The Morgan fingerprint density at radius 3 is 1.86 bits per heavy atom. The van der Waals surface area contributed by atoms with Crippen LogP contribution in [0.4, 0.5) is 9.59 Å². The number of alkyl halides is 3. The zero-order valence-corrected chi connectivity index (χ0v) is 36.7. The first-order valence-electron chi connectivity index (χ1n) is 18.5. The van der Waals surface area contributed by atoms with Crippen molar-refractivity contribution in [3.63, 3.8) is 0 Å². The minimum atomic E-state index is -2.00. The fraction of sp³-hybridized carbons (Fsp3) is 0.513. The smallest absolute Gasteiger partial charge is 0.408 e. The molecule has 0 bridgehead atoms. The van der Waals surface area contributed by atoms with Crippen LogP contribution in [0.3, 0.4) is 0 Å². The summed E-state index contributed by atoms with van der Waals surface area (Å²) in [4.78, 5) is 90.1. The first-order chi connectivity index (χ1) is 27.6. The highest BCUT2D eigenvalue weighted by Gasteiger charge is 2.35. The van der Waals surface area contributed by atoms with Gasteiger partial charge in [-0.2, -0.15) is 0 Å². The van der Waals surface area contributed by atoms with Gasteiger partial charge < -0.3 is 45.5 Å². The number of amides is 5. The number of benzene rings is 2. The Kier molecular flexibility index (Phi) is 18.4. The maximum absolute atomic E-state index is 13.6. The molecule has 1 aliphatic rings. The number of ether oxygens (including phenoxy) is 4. The van der Waals surface area contributed by atoms with E-state index in [0.717, 1.165) is 34.0 Å². The number of halogens is 3. The van der Waals surface area contributed by atoms with Crippen molar-refractivity contribution in [3.05, 3.63) is 59.7 Å². The second kappa shape index (κ2) is 22.2. The zero-order valence-electron chi connectivity index (χ0n) is 33.7. The van der Waals surface area contributed by atoms with Crippen LogP contribution in [0.25, 0.3) is 11.1 Å². The molecule has 0 heterocycles. The van der Waals surface area contributed by atoms with Crippen molar-refractivity contribution >= 4 is 88.4 Å². The molecular weight excluding hydrogens is 853 g/mol. The van der Waals surface area contributed by atoms with Crippen LogP contribution in [0, 0.1) is 5.92 Å². The van der Waals surface area contributed by atoms with E-state index in [9.17, 15) is 33.6 Å². The molecule has 20 heteroatoms. The zero-order chi connectivity index (χ0) is 44.1. The molecule has 0 fully saturated rings. The Morgan fingerprint density at radius 2 is 1.32 bits per heavy atom. The lowest BCUT2D eigenvalue weighted by atomic mass is 9.98. The number of fused-ring (bicyclic) bond motifs is 3. The molecule has 3 rings (SSSR count). The van der Waals surface area contributed by atoms with Gasteiger partial charge >= 0.3 is 24.1 Å². The van der Waals surface area contributed by atoms with Gasteiger partial charge in [0.2, 0.25) is 21.5 Å². The number of nitrogens with one attached hydrogen (secondary N) is 5. The van der Waals surface area contributed by atoms with Crippen molar-refractivity contribution < 1.29 is 52.5 Å². The third-order valence-electron chi connectivity index (χ3n) is 8.38. The van der Waals surface area contributed by atoms with Gasteiger partial charge in [0.05, 0.1) is 5.88 Å². The van der Waals surface area contributed by atoms with Crippen LogP contribution in [0.5, 0.6) is 0 Å². The molecule has 59 heavy (non-hydrogen) atoms. The van der Waals surface area contributed by atoms with E-state index in [0.29, 0.717) is 0 Å². The second-order valence-electron chi connectivity index (χ2n) is 14.8. The van der Waals surface area contributed by atoms with Crippen LogP contribution in [0.15, 0.2) is 48.5 Å². The molecule has 4 atom stereocenters. The highest BCUT2D eigenvalue weighted by Crippen LogP contribution is 2.44. The molecule has 5 amide bonds. The number of esters is 2. The van der Waals surface area contributed by atoms with E-state index in [1.54, 1.807) is 34.6 Å². The van der Waals surface area contributed by atoms with Crippen molar-refractivity contribution in [2.45, 2.75) is 87.9 Å². The number of carbonyl (C=O) groups excluding carboxylic acids is 7. The third-order valence-corrected chi connectivity index (χ3v) is 9.62. The van der Waals surface area contributed by atoms with Crippen LogP contribution in [-0.4, -0.2) is 107 Å². The van der Waals surface area contributed by atoms with Gasteiger partial charge in [-0.3, -0.25) is 14.4 Å². The summed E-state index contributed by atoms with van der Waals surface area (Å²) >= 11 is 18.4. The standard InChI is InChI=1S/C39H50Cl3N5O11S/c1-21(2)31(47-33(50)30(18-59-20-43-23(4)48)45-32(49)22(3)44-37(54)58-38(5,6)7)35(52)55-17-29(34(51)57-19-39(40,41)42)46-36(53)56-16-28-26-14-10-8-12-24(26)25-13-9-11-15-27(25)28/h8-15,21-22,28-31H,16-20H2,1-7H3,(H,43,48)(H,44,54)(H,45,49)(H,46,53)(H,47,50)/t22-,29+,30-,31-/m0/s1. The van der Waals surface area contributed by atoms with Crippen molar-refractivity contribution in [2.75, 3.05) is 31.5 Å². The largest absolute Gasteiger partial charge is 0.461 e. The number of rotatable bonds is 18. The van der Waals surface area contributed by atoms with E-state index in [1.807, 2.05) is 48.5 Å². The van der Waals surface area contributed by atoms with Gasteiger partial charge in [-0.15, -0.1) is 11.8 Å². The molecular formula is C39H50Cl3N5O11S. The monoisotopic (exact) mass is 901 g/mol. The van der Waals surface area contributed by atoms with Gasteiger partial charge in [0.25, 0.3) is 0 Å². The van der Waals surface area contributed by atoms with Crippen LogP contribution < -0.4 is 26.6 Å². The van der Waals surface area contributed by atoms with Crippen molar-refractivity contribution in [1.29, 1.82) is 0 Å². The van der Waals surface area contributed by atoms with Crippen LogP contribution in [-0.2, 0) is 42.9 Å². The predicted octanol–water partition coefficient (Wildman–Crippen LogP) is 4.72. The minimum absolute atomic E-state index is 0.0575. The van der Waals surface area contributed by atoms with Crippen molar-refractivity contribution in [2.24, 2.45) is 5.92 Å². The maximum Gasteiger partial charge on any atom is 0.408 e. The molecule has 5 N–H and O–H groups in total. The first-order valence-corrected chi connectivity index (χ1v) is 20.8. The Hall–Kier alpha value is -4.45. The number of hydrogen-bond acceptors (Lipinski definition) is 12. The first kappa shape index (κ1) is 48.9. The molecule has 2 aromatic carbocycles. The highest BCUT2D eigenvalue weighted by molar-refractivity contribution is 7.99. The van der Waals surface area contributed by atoms with E-state index >= 15 is 0 Å². The van der Waals surface area contributed by atoms with E-state index in [2.05, 4.69) is 26.6 Å². The molecule has 0 aliphatic heterocycles. The Morgan fingerprint density at radius 1 is 0.729 bits per heavy atom. The summed E-state index contributed by atoms with van der Waals surface area (Å²) in [6.45, 7) is 9.32. The van der Waals surface area contributed by atoms with Crippen LogP contribution in [0.2, 0.25) is 0 Å². The average molecular weight is 903 g/mol. The van der Waals surface area contributed by atoms with Gasteiger partial charge in [0.15, 0.2) is 6.04 Å². The quantitative estimate of drug-likeness (QED) is 0.0452. The fourth-order valence-corrected chi connectivity index (χ4v) is 6.63. The lowest BCUT2D eigenvalue weighted by Crippen LogP contribution is -2.57. The van der Waals surface area contributed by atoms with Crippen molar-refractivity contribution in [3.8, 4) is 11.1 Å². The molecule has 16 nitrogen and oxygen atoms in total. The summed E-state index contributed by atoms with van der Waals surface area (Å²) in [6, 6.07) is 10.1. The van der Waals surface area contributed by atoms with E-state index in [-0.39, 0.29) is 30.1 Å². The summed E-state index contributed by atoms with van der Waals surface area (Å²) in [5.74, 6) is -4.82. The normalized spacial score (nSPS) is 14.3. The van der Waals surface area contributed by atoms with Gasteiger partial charge in [-0.25, -0.2) is 19.2 Å². The minimum Gasteiger partial charge on any atom is -0.461 e. The van der Waals surface area contributed by atoms with Gasteiger partial charge in [-0.1, -0.05) is 97.2 Å². The molecule has 1 aliphatic carbocycles. The average Bonchev–Trinajstić information content (AvgIpc) is 3.46. The third kappa shape index (κ3) is 16.3. The molecule has 324 valence electrons. The van der Waals surface area contributed by atoms with E-state index in [1.165, 1.54) is 13.8 Å². The Labute approximate surface area is 362 Å². The maximum atomic E-state index is 13.6. The van der Waals surface area contributed by atoms with Gasteiger partial charge in [0.1, 0.15) is 43.5 Å². The molecule has 0 radical (unpaired) electrons. The van der Waals surface area contributed by atoms with E-state index < -0.39 is 88.6 Å². The molecule has 0 spiro atoms. The number of hydrogen-bond donors (Lipinski definition) is 5.